The molecule has 0 amide bonds. The smallest absolute Gasteiger partial charge is 0.218 e. The van der Waals surface area contributed by atoms with Gasteiger partial charge in [-0.25, -0.2) is 8.42 Å². The van der Waals surface area contributed by atoms with Gasteiger partial charge in [-0.3, -0.25) is 0 Å². The summed E-state index contributed by atoms with van der Waals surface area (Å²) in [6.07, 6.45) is 0. The summed E-state index contributed by atoms with van der Waals surface area (Å²) >= 11 is 0. The maximum Gasteiger partial charge on any atom is 0.218 e. The monoisotopic (exact) mass is 293 g/mol. The zero-order valence-corrected chi connectivity index (χ0v) is 12.6. The Kier molecular flexibility index (Phi) is 4.43. The molecule has 1 fully saturated rings. The average molecular weight is 293 g/mol. The minimum atomic E-state index is -3.37. The number of likely N-dealkylation sites (N-methyl/N-ethyl adjacent to an activating group) is 1. The second-order valence-corrected chi connectivity index (χ2v) is 7.18. The van der Waals surface area contributed by atoms with Crippen molar-refractivity contribution in [2.45, 2.75) is 18.7 Å². The molecule has 0 radical (unpaired) electrons. The summed E-state index contributed by atoms with van der Waals surface area (Å²) in [6.45, 7) is 3.77. The first-order valence-corrected chi connectivity index (χ1v) is 8.21. The van der Waals surface area contributed by atoms with E-state index < -0.39 is 10.0 Å². The zero-order valence-electron chi connectivity index (χ0n) is 11.8. The van der Waals surface area contributed by atoms with Crippen LogP contribution < -0.4 is 0 Å². The van der Waals surface area contributed by atoms with E-state index in [4.69, 9.17) is 5.26 Å². The van der Waals surface area contributed by atoms with E-state index in [1.54, 1.807) is 24.3 Å². The van der Waals surface area contributed by atoms with Crippen LogP contribution in [0.1, 0.15) is 18.1 Å². The van der Waals surface area contributed by atoms with Gasteiger partial charge < -0.3 is 4.90 Å². The largest absolute Gasteiger partial charge is 0.301 e. The van der Waals surface area contributed by atoms with E-state index in [1.165, 1.54) is 4.31 Å². The predicted octanol–water partition coefficient (Wildman–Crippen LogP) is 1.02. The Bertz CT molecular complexity index is 622. The Morgan fingerprint density at radius 1 is 1.35 bits per heavy atom. The van der Waals surface area contributed by atoms with Crippen LogP contribution in [0.4, 0.5) is 0 Å². The fraction of sp³-hybridized carbons (Fsp3) is 0.500. The van der Waals surface area contributed by atoms with E-state index in [0.29, 0.717) is 24.2 Å². The Morgan fingerprint density at radius 2 is 2.05 bits per heavy atom. The lowest BCUT2D eigenvalue weighted by molar-refractivity contribution is 0.159. The van der Waals surface area contributed by atoms with Gasteiger partial charge >= 0.3 is 0 Å². The van der Waals surface area contributed by atoms with Gasteiger partial charge in [0.25, 0.3) is 0 Å². The highest BCUT2D eigenvalue weighted by Crippen LogP contribution is 2.18. The molecular formula is C14H19N3O2S. The van der Waals surface area contributed by atoms with Gasteiger partial charge in [0, 0.05) is 25.7 Å². The van der Waals surface area contributed by atoms with Crippen LogP contribution in [0.25, 0.3) is 0 Å². The van der Waals surface area contributed by atoms with Crippen molar-refractivity contribution in [3.05, 3.63) is 35.4 Å². The van der Waals surface area contributed by atoms with Crippen molar-refractivity contribution in [3.8, 4) is 6.07 Å². The molecule has 6 heteroatoms. The van der Waals surface area contributed by atoms with E-state index >= 15 is 0 Å². The van der Waals surface area contributed by atoms with Gasteiger partial charge in [0.15, 0.2) is 0 Å². The molecule has 0 aromatic heterocycles. The Hall–Kier alpha value is -1.42. The summed E-state index contributed by atoms with van der Waals surface area (Å²) in [6, 6.07) is 9.12. The van der Waals surface area contributed by atoms with Gasteiger partial charge in [0.1, 0.15) is 0 Å². The summed E-state index contributed by atoms with van der Waals surface area (Å²) < 4.78 is 26.5. The number of rotatable bonds is 3. The van der Waals surface area contributed by atoms with Crippen LogP contribution in [0.5, 0.6) is 0 Å². The maximum absolute atomic E-state index is 12.5. The number of hydrogen-bond acceptors (Lipinski definition) is 4. The Morgan fingerprint density at radius 3 is 2.70 bits per heavy atom. The first-order valence-electron chi connectivity index (χ1n) is 6.60. The van der Waals surface area contributed by atoms with Crippen molar-refractivity contribution in [2.75, 3.05) is 26.7 Å². The van der Waals surface area contributed by atoms with Crippen LogP contribution in [-0.4, -0.2) is 50.3 Å². The van der Waals surface area contributed by atoms with Gasteiger partial charge in [-0.15, -0.1) is 0 Å². The van der Waals surface area contributed by atoms with E-state index in [0.717, 1.165) is 6.54 Å². The van der Waals surface area contributed by atoms with Crippen LogP contribution in [0, 0.1) is 11.3 Å². The van der Waals surface area contributed by atoms with Gasteiger partial charge in [-0.2, -0.15) is 9.57 Å². The number of sulfonamides is 1. The highest BCUT2D eigenvalue weighted by Gasteiger charge is 2.29. The normalized spacial score (nSPS) is 21.6. The molecule has 1 aromatic rings. The number of piperazine rings is 1. The third-order valence-corrected chi connectivity index (χ3v) is 5.59. The SMILES string of the molecule is CC1CN(S(=O)(=O)Cc2ccccc2C#N)CCN1C. The molecular weight excluding hydrogens is 274 g/mol. The second-order valence-electron chi connectivity index (χ2n) is 5.21. The molecule has 1 unspecified atom stereocenters. The van der Waals surface area contributed by atoms with Crippen LogP contribution in [0.15, 0.2) is 24.3 Å². The molecule has 0 aliphatic carbocycles. The topological polar surface area (TPSA) is 64.4 Å². The van der Waals surface area contributed by atoms with Crippen molar-refractivity contribution < 1.29 is 8.42 Å². The summed E-state index contributed by atoms with van der Waals surface area (Å²) in [5, 5.41) is 9.04. The molecule has 5 nitrogen and oxygen atoms in total. The molecule has 1 aliphatic heterocycles. The van der Waals surface area contributed by atoms with Crippen molar-refractivity contribution in [3.63, 3.8) is 0 Å². The summed E-state index contributed by atoms with van der Waals surface area (Å²) in [7, 11) is -1.37. The van der Waals surface area contributed by atoms with E-state index in [2.05, 4.69) is 4.90 Å². The van der Waals surface area contributed by atoms with Gasteiger partial charge in [-0.05, 0) is 25.6 Å². The third kappa shape index (κ3) is 3.18. The first kappa shape index (κ1) is 15.0. The van der Waals surface area contributed by atoms with Crippen LogP contribution in [-0.2, 0) is 15.8 Å². The molecule has 0 bridgehead atoms. The van der Waals surface area contributed by atoms with Crippen LogP contribution in [0.3, 0.4) is 0 Å². The maximum atomic E-state index is 12.5. The lowest BCUT2D eigenvalue weighted by Crippen LogP contribution is -2.52. The summed E-state index contributed by atoms with van der Waals surface area (Å²) in [5.41, 5.74) is 1.000. The van der Waals surface area contributed by atoms with Crippen LogP contribution >= 0.6 is 0 Å². The number of hydrogen-bond donors (Lipinski definition) is 0. The fourth-order valence-electron chi connectivity index (χ4n) is 2.31. The molecule has 0 saturated carbocycles. The highest BCUT2D eigenvalue weighted by atomic mass is 32.2. The minimum Gasteiger partial charge on any atom is -0.301 e. The summed E-state index contributed by atoms with van der Waals surface area (Å²) in [4.78, 5) is 2.15. The number of benzene rings is 1. The molecule has 2 rings (SSSR count). The quantitative estimate of drug-likeness (QED) is 0.835. The molecule has 108 valence electrons. The number of nitrogens with zero attached hydrogens (tertiary/aromatic N) is 3. The Balaban J connectivity index is 2.18. The lowest BCUT2D eigenvalue weighted by Gasteiger charge is -2.36. The highest BCUT2D eigenvalue weighted by molar-refractivity contribution is 7.88. The van der Waals surface area contributed by atoms with Gasteiger partial charge in [0.2, 0.25) is 10.0 Å². The second kappa shape index (κ2) is 5.92. The molecule has 0 spiro atoms. The molecule has 0 N–H and O–H groups in total. The van der Waals surface area contributed by atoms with E-state index in [9.17, 15) is 8.42 Å². The van der Waals surface area contributed by atoms with Crippen LogP contribution in [0.2, 0.25) is 0 Å². The lowest BCUT2D eigenvalue weighted by atomic mass is 10.1. The van der Waals surface area contributed by atoms with Crippen molar-refractivity contribution >= 4 is 10.0 Å². The Labute approximate surface area is 120 Å². The molecule has 1 heterocycles. The zero-order chi connectivity index (χ0) is 14.8. The molecule has 1 aromatic carbocycles. The van der Waals surface area contributed by atoms with Crippen molar-refractivity contribution in [1.82, 2.24) is 9.21 Å². The van der Waals surface area contributed by atoms with E-state index in [1.807, 2.05) is 20.0 Å². The molecule has 20 heavy (non-hydrogen) atoms. The average Bonchev–Trinajstić information content (AvgIpc) is 2.42. The number of nitriles is 1. The minimum absolute atomic E-state index is 0.104. The molecule has 1 atom stereocenters. The third-order valence-electron chi connectivity index (χ3n) is 3.79. The first-order chi connectivity index (χ1) is 9.44. The fourth-order valence-corrected chi connectivity index (χ4v) is 3.94. The molecule has 1 aliphatic rings. The standard InChI is InChI=1S/C14H19N3O2S/c1-12-10-17(8-7-16(12)2)20(18,19)11-14-6-4-3-5-13(14)9-15/h3-6,12H,7-8,10-11H2,1-2H3. The molecule has 1 saturated heterocycles. The van der Waals surface area contributed by atoms with Crippen molar-refractivity contribution in [1.29, 1.82) is 5.26 Å². The summed E-state index contributed by atoms with van der Waals surface area (Å²) in [5.74, 6) is -0.104. The predicted molar refractivity (Wildman–Crippen MR) is 77.4 cm³/mol. The van der Waals surface area contributed by atoms with E-state index in [-0.39, 0.29) is 11.8 Å². The van der Waals surface area contributed by atoms with Crippen molar-refractivity contribution in [2.24, 2.45) is 0 Å². The van der Waals surface area contributed by atoms with Gasteiger partial charge in [-0.1, -0.05) is 18.2 Å². The van der Waals surface area contributed by atoms with Gasteiger partial charge in [0.05, 0.1) is 17.4 Å².